The zero-order valence-corrected chi connectivity index (χ0v) is 20.4. The van der Waals surface area contributed by atoms with E-state index in [-0.39, 0.29) is 11.5 Å². The molecule has 0 bridgehead atoms. The minimum absolute atomic E-state index is 0.179. The van der Waals surface area contributed by atoms with Gasteiger partial charge in [-0.05, 0) is 71.6 Å². The molecule has 0 saturated carbocycles. The Morgan fingerprint density at radius 2 is 1.94 bits per heavy atom. The van der Waals surface area contributed by atoms with Crippen LogP contribution in [0.3, 0.4) is 0 Å². The number of benzene rings is 1. The van der Waals surface area contributed by atoms with Crippen molar-refractivity contribution in [2.45, 2.75) is 78.7 Å². The van der Waals surface area contributed by atoms with Crippen LogP contribution >= 0.6 is 0 Å². The van der Waals surface area contributed by atoms with E-state index in [1.165, 1.54) is 5.57 Å². The van der Waals surface area contributed by atoms with Crippen molar-refractivity contribution >= 4 is 6.16 Å². The SMILES string of the molecule is CCCc1cc(OC(=O)OC[N+](C)(CC)CC)c2c(c1)OC(C)(C)C1CCC(C)=CC21. The Morgan fingerprint density at radius 1 is 1.23 bits per heavy atom. The van der Waals surface area contributed by atoms with Crippen molar-refractivity contribution in [1.82, 2.24) is 0 Å². The highest BCUT2D eigenvalue weighted by molar-refractivity contribution is 5.67. The number of carbonyl (C=O) groups excluding carboxylic acids is 1. The standard InChI is InChI=1S/C26H40NO4/c1-8-11-19-15-22(30-25(28)29-17-27(7,9-2)10-3)24-20-14-18(4)12-13-21(20)26(5,6)31-23(24)16-19/h14-16,20-21H,8-13,17H2,1-7H3/q+1. The van der Waals surface area contributed by atoms with Crippen LogP contribution in [0.1, 0.15) is 77.8 Å². The molecule has 0 amide bonds. The molecule has 0 radical (unpaired) electrons. The van der Waals surface area contributed by atoms with Crippen LogP contribution in [0.15, 0.2) is 23.8 Å². The summed E-state index contributed by atoms with van der Waals surface area (Å²) in [6, 6.07) is 4.14. The predicted molar refractivity (Wildman–Crippen MR) is 124 cm³/mol. The number of allylic oxidation sites excluding steroid dienone is 2. The van der Waals surface area contributed by atoms with Crippen LogP contribution < -0.4 is 9.47 Å². The average molecular weight is 431 g/mol. The topological polar surface area (TPSA) is 44.8 Å². The van der Waals surface area contributed by atoms with Crippen molar-refractivity contribution in [2.24, 2.45) is 5.92 Å². The Bertz CT molecular complexity index is 838. The van der Waals surface area contributed by atoms with Crippen LogP contribution in [0.5, 0.6) is 11.5 Å². The normalized spacial score (nSPS) is 22.0. The average Bonchev–Trinajstić information content (AvgIpc) is 2.71. The second kappa shape index (κ2) is 9.23. The molecule has 2 aliphatic rings. The first kappa shape index (κ1) is 23.6. The second-order valence-corrected chi connectivity index (χ2v) is 10.0. The molecule has 5 heteroatoms. The third kappa shape index (κ3) is 5.08. The zero-order valence-electron chi connectivity index (χ0n) is 20.4. The van der Waals surface area contributed by atoms with E-state index < -0.39 is 6.16 Å². The summed E-state index contributed by atoms with van der Waals surface area (Å²) >= 11 is 0. The monoisotopic (exact) mass is 430 g/mol. The number of hydrogen-bond donors (Lipinski definition) is 0. The number of carbonyl (C=O) groups is 1. The first-order chi connectivity index (χ1) is 14.6. The van der Waals surface area contributed by atoms with Gasteiger partial charge in [0.2, 0.25) is 6.73 Å². The van der Waals surface area contributed by atoms with Crippen LogP contribution in [0.25, 0.3) is 0 Å². The van der Waals surface area contributed by atoms with Gasteiger partial charge in [0.15, 0.2) is 0 Å². The summed E-state index contributed by atoms with van der Waals surface area (Å²) in [6.45, 7) is 15.0. The van der Waals surface area contributed by atoms with Gasteiger partial charge in [-0.2, -0.15) is 0 Å². The van der Waals surface area contributed by atoms with Gasteiger partial charge in [-0.25, -0.2) is 4.79 Å². The number of aryl methyl sites for hydroxylation is 1. The van der Waals surface area contributed by atoms with Gasteiger partial charge in [0.05, 0.1) is 20.1 Å². The maximum Gasteiger partial charge on any atom is 0.518 e. The second-order valence-electron chi connectivity index (χ2n) is 10.0. The van der Waals surface area contributed by atoms with Gasteiger partial charge in [0, 0.05) is 17.4 Å². The molecular formula is C26H40NO4+. The summed E-state index contributed by atoms with van der Waals surface area (Å²) in [6.07, 6.45) is 5.78. The molecule has 5 nitrogen and oxygen atoms in total. The van der Waals surface area contributed by atoms with E-state index in [2.05, 4.69) is 60.7 Å². The fourth-order valence-corrected chi connectivity index (χ4v) is 4.81. The zero-order chi connectivity index (χ0) is 22.8. The molecule has 0 aromatic heterocycles. The Balaban J connectivity index is 1.96. The fourth-order valence-electron chi connectivity index (χ4n) is 4.81. The van der Waals surface area contributed by atoms with Crippen molar-refractivity contribution < 1.29 is 23.5 Å². The smallest absolute Gasteiger partial charge is 0.487 e. The molecule has 0 fully saturated rings. The highest BCUT2D eigenvalue weighted by Crippen LogP contribution is 2.53. The lowest BCUT2D eigenvalue weighted by Gasteiger charge is -2.46. The van der Waals surface area contributed by atoms with Crippen LogP contribution in [0.2, 0.25) is 0 Å². The van der Waals surface area contributed by atoms with Crippen LogP contribution in [-0.2, 0) is 11.2 Å². The van der Waals surface area contributed by atoms with E-state index >= 15 is 0 Å². The molecule has 172 valence electrons. The molecule has 1 aliphatic heterocycles. The van der Waals surface area contributed by atoms with Crippen molar-refractivity contribution in [3.05, 3.63) is 34.9 Å². The van der Waals surface area contributed by atoms with Gasteiger partial charge in [-0.1, -0.05) is 25.0 Å². The third-order valence-corrected chi connectivity index (χ3v) is 7.26. The van der Waals surface area contributed by atoms with E-state index in [0.717, 1.165) is 55.6 Å². The third-order valence-electron chi connectivity index (χ3n) is 7.26. The van der Waals surface area contributed by atoms with Gasteiger partial charge in [0.1, 0.15) is 17.1 Å². The van der Waals surface area contributed by atoms with Gasteiger partial charge < -0.3 is 14.2 Å². The molecule has 3 rings (SSSR count). The molecule has 2 atom stereocenters. The molecule has 31 heavy (non-hydrogen) atoms. The summed E-state index contributed by atoms with van der Waals surface area (Å²) in [5, 5.41) is 0. The van der Waals surface area contributed by atoms with Crippen LogP contribution in [-0.4, -0.2) is 43.1 Å². The summed E-state index contributed by atoms with van der Waals surface area (Å²) in [5.41, 5.74) is 3.23. The summed E-state index contributed by atoms with van der Waals surface area (Å²) in [4.78, 5) is 12.7. The Kier molecular flexibility index (Phi) is 7.04. The summed E-state index contributed by atoms with van der Waals surface area (Å²) < 4.78 is 18.6. The molecule has 1 aliphatic carbocycles. The summed E-state index contributed by atoms with van der Waals surface area (Å²) in [5.74, 6) is 1.95. The molecular weight excluding hydrogens is 390 g/mol. The number of rotatable bonds is 7. The van der Waals surface area contributed by atoms with Crippen LogP contribution in [0.4, 0.5) is 4.79 Å². The molecule has 2 unspecified atom stereocenters. The molecule has 1 aromatic carbocycles. The minimum atomic E-state index is -0.639. The lowest BCUT2D eigenvalue weighted by Crippen LogP contribution is -2.46. The Hall–Kier alpha value is -2.01. The minimum Gasteiger partial charge on any atom is -0.487 e. The van der Waals surface area contributed by atoms with E-state index in [4.69, 9.17) is 14.2 Å². The molecule has 1 aromatic rings. The lowest BCUT2D eigenvalue weighted by atomic mass is 9.68. The quantitative estimate of drug-likeness (QED) is 0.170. The van der Waals surface area contributed by atoms with Gasteiger partial charge in [-0.3, -0.25) is 4.48 Å². The maximum atomic E-state index is 12.7. The number of fused-ring (bicyclic) bond motifs is 3. The van der Waals surface area contributed by atoms with E-state index in [1.807, 2.05) is 6.07 Å². The number of quaternary nitrogens is 1. The molecule has 0 saturated heterocycles. The molecule has 1 heterocycles. The number of hydrogen-bond acceptors (Lipinski definition) is 4. The highest BCUT2D eigenvalue weighted by Gasteiger charge is 2.45. The van der Waals surface area contributed by atoms with E-state index in [0.29, 0.717) is 22.9 Å². The molecule has 0 spiro atoms. The van der Waals surface area contributed by atoms with Gasteiger partial charge in [-0.15, -0.1) is 0 Å². The van der Waals surface area contributed by atoms with Gasteiger partial charge in [0.25, 0.3) is 0 Å². The first-order valence-electron chi connectivity index (χ1n) is 11.8. The van der Waals surface area contributed by atoms with E-state index in [9.17, 15) is 4.79 Å². The largest absolute Gasteiger partial charge is 0.518 e. The molecule has 0 N–H and O–H groups in total. The van der Waals surface area contributed by atoms with Gasteiger partial charge >= 0.3 is 6.16 Å². The summed E-state index contributed by atoms with van der Waals surface area (Å²) in [7, 11) is 2.08. The van der Waals surface area contributed by atoms with Crippen molar-refractivity contribution in [2.75, 3.05) is 26.9 Å². The van der Waals surface area contributed by atoms with Crippen molar-refractivity contribution in [1.29, 1.82) is 0 Å². The number of ether oxygens (including phenoxy) is 3. The Labute approximate surface area is 188 Å². The highest BCUT2D eigenvalue weighted by atomic mass is 16.7. The van der Waals surface area contributed by atoms with Crippen molar-refractivity contribution in [3.63, 3.8) is 0 Å². The van der Waals surface area contributed by atoms with Crippen molar-refractivity contribution in [3.8, 4) is 11.5 Å². The lowest BCUT2D eigenvalue weighted by molar-refractivity contribution is -0.922. The first-order valence-corrected chi connectivity index (χ1v) is 11.8. The van der Waals surface area contributed by atoms with E-state index in [1.54, 1.807) is 0 Å². The fraction of sp³-hybridized carbons (Fsp3) is 0.654. The Morgan fingerprint density at radius 3 is 2.58 bits per heavy atom. The number of nitrogens with zero attached hydrogens (tertiary/aromatic N) is 1. The van der Waals surface area contributed by atoms with Crippen LogP contribution in [0, 0.1) is 5.92 Å². The predicted octanol–water partition coefficient (Wildman–Crippen LogP) is 6.21. The maximum absolute atomic E-state index is 12.7.